The van der Waals surface area contributed by atoms with Gasteiger partial charge in [0, 0.05) is 17.3 Å². The summed E-state index contributed by atoms with van der Waals surface area (Å²) in [6, 6.07) is 11.4. The average molecular weight is 397 g/mol. The van der Waals surface area contributed by atoms with Crippen molar-refractivity contribution in [1.82, 2.24) is 14.4 Å². The fourth-order valence-electron chi connectivity index (χ4n) is 2.62. The van der Waals surface area contributed by atoms with E-state index in [1.54, 1.807) is 18.3 Å². The van der Waals surface area contributed by atoms with Gasteiger partial charge in [0.05, 0.1) is 5.69 Å². The summed E-state index contributed by atoms with van der Waals surface area (Å²) < 4.78 is 25.6. The Morgan fingerprint density at radius 2 is 1.96 bits per heavy atom. The molecule has 0 radical (unpaired) electrons. The van der Waals surface area contributed by atoms with Gasteiger partial charge in [-0.25, -0.2) is 19.2 Å². The third-order valence-corrected chi connectivity index (χ3v) is 4.90. The molecule has 0 N–H and O–H groups in total. The molecule has 1 aromatic carbocycles. The van der Waals surface area contributed by atoms with Gasteiger partial charge in [0.25, 0.3) is 0 Å². The van der Waals surface area contributed by atoms with Crippen molar-refractivity contribution in [2.45, 2.75) is 20.1 Å². The molecule has 28 heavy (non-hydrogen) atoms. The number of thiazole rings is 1. The van der Waals surface area contributed by atoms with E-state index in [2.05, 4.69) is 9.97 Å². The molecule has 0 aliphatic rings. The van der Waals surface area contributed by atoms with Crippen molar-refractivity contribution in [3.63, 3.8) is 0 Å². The van der Waals surface area contributed by atoms with E-state index < -0.39 is 5.97 Å². The Bertz CT molecular complexity index is 1120. The van der Waals surface area contributed by atoms with Crippen molar-refractivity contribution in [3.8, 4) is 5.75 Å². The molecule has 0 amide bonds. The van der Waals surface area contributed by atoms with E-state index in [0.717, 1.165) is 10.7 Å². The van der Waals surface area contributed by atoms with Gasteiger partial charge in [0.15, 0.2) is 5.69 Å². The molecule has 142 valence electrons. The molecular weight excluding hydrogens is 381 g/mol. The minimum Gasteiger partial charge on any atom is -0.486 e. The van der Waals surface area contributed by atoms with Crippen molar-refractivity contribution in [2.75, 3.05) is 0 Å². The summed E-state index contributed by atoms with van der Waals surface area (Å²) in [6.45, 7) is 2.25. The molecule has 0 saturated heterocycles. The molecule has 0 aliphatic carbocycles. The zero-order chi connectivity index (χ0) is 19.5. The van der Waals surface area contributed by atoms with Crippen LogP contribution < -0.4 is 4.74 Å². The van der Waals surface area contributed by atoms with E-state index in [1.165, 1.54) is 23.5 Å². The smallest absolute Gasteiger partial charge is 0.358 e. The third-order valence-electron chi connectivity index (χ3n) is 4.03. The fraction of sp³-hybridized carbons (Fsp3) is 0.150. The number of carbonyl (C=O) groups is 1. The van der Waals surface area contributed by atoms with Gasteiger partial charge in [0.1, 0.15) is 35.4 Å². The van der Waals surface area contributed by atoms with Gasteiger partial charge in [-0.05, 0) is 43.3 Å². The molecule has 0 saturated carbocycles. The Hall–Kier alpha value is -3.26. The number of nitrogens with zero attached hydrogens (tertiary/aromatic N) is 3. The fourth-order valence-corrected chi connectivity index (χ4v) is 3.31. The number of rotatable bonds is 6. The highest BCUT2D eigenvalue weighted by Gasteiger charge is 2.14. The molecule has 8 heteroatoms. The van der Waals surface area contributed by atoms with E-state index in [4.69, 9.17) is 9.47 Å². The number of hydrogen-bond donors (Lipinski definition) is 0. The lowest BCUT2D eigenvalue weighted by molar-refractivity contribution is 0.0462. The van der Waals surface area contributed by atoms with Gasteiger partial charge in [-0.2, -0.15) is 0 Å². The highest BCUT2D eigenvalue weighted by Crippen LogP contribution is 2.17. The summed E-state index contributed by atoms with van der Waals surface area (Å²) in [5.41, 5.74) is 2.57. The monoisotopic (exact) mass is 397 g/mol. The molecule has 0 unspecified atom stereocenters. The number of pyridine rings is 1. The molecule has 3 heterocycles. The zero-order valence-electron chi connectivity index (χ0n) is 15.0. The number of fused-ring (bicyclic) bond motifs is 1. The van der Waals surface area contributed by atoms with Crippen LogP contribution in [-0.2, 0) is 18.0 Å². The van der Waals surface area contributed by atoms with Crippen LogP contribution in [0.4, 0.5) is 4.39 Å². The maximum atomic E-state index is 12.9. The van der Waals surface area contributed by atoms with Crippen LogP contribution in [0.5, 0.6) is 5.75 Å². The maximum absolute atomic E-state index is 12.9. The summed E-state index contributed by atoms with van der Waals surface area (Å²) in [5, 5.41) is 2.54. The Balaban J connectivity index is 1.34. The molecule has 0 atom stereocenters. The zero-order valence-corrected chi connectivity index (χ0v) is 15.8. The first-order chi connectivity index (χ1) is 13.6. The Labute approximate surface area is 164 Å². The second kappa shape index (κ2) is 7.77. The third kappa shape index (κ3) is 4.01. The quantitative estimate of drug-likeness (QED) is 0.457. The molecule has 0 aliphatic heterocycles. The van der Waals surface area contributed by atoms with Crippen LogP contribution >= 0.6 is 11.3 Å². The molecule has 0 fully saturated rings. The van der Waals surface area contributed by atoms with Crippen LogP contribution in [0.25, 0.3) is 5.65 Å². The first-order valence-corrected chi connectivity index (χ1v) is 9.40. The van der Waals surface area contributed by atoms with Gasteiger partial charge >= 0.3 is 5.97 Å². The largest absolute Gasteiger partial charge is 0.486 e. The van der Waals surface area contributed by atoms with Gasteiger partial charge in [-0.1, -0.05) is 6.07 Å². The van der Waals surface area contributed by atoms with Crippen molar-refractivity contribution in [2.24, 2.45) is 0 Å². The van der Waals surface area contributed by atoms with Crippen molar-refractivity contribution in [1.29, 1.82) is 0 Å². The highest BCUT2D eigenvalue weighted by atomic mass is 32.1. The highest BCUT2D eigenvalue weighted by molar-refractivity contribution is 7.09. The van der Waals surface area contributed by atoms with Crippen LogP contribution in [-0.4, -0.2) is 20.3 Å². The predicted molar refractivity (Wildman–Crippen MR) is 102 cm³/mol. The molecular formula is C20H16FN3O3S. The van der Waals surface area contributed by atoms with Crippen molar-refractivity contribution >= 4 is 23.0 Å². The molecule has 3 aromatic heterocycles. The van der Waals surface area contributed by atoms with Crippen LogP contribution in [0.15, 0.2) is 54.0 Å². The number of aryl methyl sites for hydroxylation is 1. The van der Waals surface area contributed by atoms with Crippen LogP contribution in [0.3, 0.4) is 0 Å². The second-order valence-electron chi connectivity index (χ2n) is 6.07. The van der Waals surface area contributed by atoms with Crippen LogP contribution in [0.2, 0.25) is 0 Å². The molecule has 0 spiro atoms. The molecule has 0 bridgehead atoms. The summed E-state index contributed by atoms with van der Waals surface area (Å²) in [5.74, 6) is -0.251. The Morgan fingerprint density at radius 1 is 1.14 bits per heavy atom. The summed E-state index contributed by atoms with van der Waals surface area (Å²) in [4.78, 5) is 20.9. The van der Waals surface area contributed by atoms with E-state index in [-0.39, 0.29) is 24.7 Å². The number of benzene rings is 1. The molecule has 4 aromatic rings. The van der Waals surface area contributed by atoms with Crippen LogP contribution in [0, 0.1) is 12.7 Å². The lowest BCUT2D eigenvalue weighted by Gasteiger charge is -2.03. The van der Waals surface area contributed by atoms with Gasteiger partial charge in [-0.15, -0.1) is 11.3 Å². The van der Waals surface area contributed by atoms with Gasteiger partial charge in [-0.3, -0.25) is 0 Å². The minimum atomic E-state index is -0.500. The topological polar surface area (TPSA) is 65.7 Å². The normalized spacial score (nSPS) is 10.9. The minimum absolute atomic E-state index is 0.0543. The lowest BCUT2D eigenvalue weighted by atomic mass is 10.3. The average Bonchev–Trinajstić information content (AvgIpc) is 3.33. The number of halogens is 1. The number of hydrogen-bond acceptors (Lipinski definition) is 6. The van der Waals surface area contributed by atoms with Gasteiger partial charge < -0.3 is 13.9 Å². The lowest BCUT2D eigenvalue weighted by Crippen LogP contribution is -2.06. The number of ether oxygens (including phenoxy) is 2. The standard InChI is InChI=1S/C20H16FN3O3S/c1-13-3-2-4-18-23-17(9-24(13)18)20(25)27-10-15-12-28-19(22-15)11-26-16-7-5-14(21)6-8-16/h2-9,12H,10-11H2,1H3. The molecule has 6 nitrogen and oxygen atoms in total. The van der Waals surface area contributed by atoms with Gasteiger partial charge in [0.2, 0.25) is 0 Å². The first kappa shape index (κ1) is 18.1. The predicted octanol–water partition coefficient (Wildman–Crippen LogP) is 4.17. The van der Waals surface area contributed by atoms with E-state index in [9.17, 15) is 9.18 Å². The van der Waals surface area contributed by atoms with Crippen LogP contribution in [0.1, 0.15) is 26.9 Å². The van der Waals surface area contributed by atoms with Crippen molar-refractivity contribution in [3.05, 3.63) is 81.9 Å². The second-order valence-corrected chi connectivity index (χ2v) is 7.02. The Kier molecular flexibility index (Phi) is 5.03. The number of aromatic nitrogens is 3. The van der Waals surface area contributed by atoms with Crippen molar-refractivity contribution < 1.29 is 18.7 Å². The summed E-state index contributed by atoms with van der Waals surface area (Å²) in [7, 11) is 0. The maximum Gasteiger partial charge on any atom is 0.358 e. The summed E-state index contributed by atoms with van der Waals surface area (Å²) in [6.07, 6.45) is 1.66. The Morgan fingerprint density at radius 3 is 2.75 bits per heavy atom. The molecule has 4 rings (SSSR count). The number of imidazole rings is 1. The number of esters is 1. The summed E-state index contributed by atoms with van der Waals surface area (Å²) >= 11 is 1.40. The van der Waals surface area contributed by atoms with E-state index in [1.807, 2.05) is 34.9 Å². The van der Waals surface area contributed by atoms with E-state index >= 15 is 0 Å². The first-order valence-electron chi connectivity index (χ1n) is 8.52. The SMILES string of the molecule is Cc1cccc2nc(C(=O)OCc3csc(COc4ccc(F)cc4)n3)cn12. The van der Waals surface area contributed by atoms with E-state index in [0.29, 0.717) is 17.1 Å². The number of carbonyl (C=O) groups excluding carboxylic acids is 1.